The molecule has 1 aliphatic rings. The molecule has 1 aliphatic heterocycles. The number of rotatable bonds is 5. The van der Waals surface area contributed by atoms with Gasteiger partial charge in [0, 0.05) is 23.7 Å². The Morgan fingerprint density at radius 3 is 2.31 bits per heavy atom. The second-order valence-corrected chi connectivity index (χ2v) is 8.51. The molecule has 0 unspecified atom stereocenters. The smallest absolute Gasteiger partial charge is 0.271 e. The van der Waals surface area contributed by atoms with Crippen molar-refractivity contribution in [3.63, 3.8) is 0 Å². The van der Waals surface area contributed by atoms with E-state index in [1.165, 1.54) is 0 Å². The number of benzene rings is 2. The molecule has 1 N–H and O–H groups in total. The number of nitrogens with zero attached hydrogens (tertiary/aromatic N) is 4. The molecule has 6 heteroatoms. The van der Waals surface area contributed by atoms with E-state index in [0.29, 0.717) is 23.8 Å². The minimum atomic E-state index is -0.144. The average Bonchev–Trinajstić information content (AvgIpc) is 3.28. The van der Waals surface area contributed by atoms with Crippen molar-refractivity contribution < 1.29 is 4.79 Å². The summed E-state index contributed by atoms with van der Waals surface area (Å²) in [5, 5.41) is 7.72. The predicted octanol–water partition coefficient (Wildman–Crippen LogP) is 4.13. The maximum atomic E-state index is 12.9. The van der Waals surface area contributed by atoms with Crippen LogP contribution in [-0.2, 0) is 0 Å². The fourth-order valence-corrected chi connectivity index (χ4v) is 4.25. The van der Waals surface area contributed by atoms with Gasteiger partial charge in [0.2, 0.25) is 0 Å². The third-order valence-electron chi connectivity index (χ3n) is 6.19. The Labute approximate surface area is 187 Å². The molecule has 0 bridgehead atoms. The molecule has 2 aromatic heterocycles. The van der Waals surface area contributed by atoms with Crippen LogP contribution in [0.1, 0.15) is 23.3 Å². The molecule has 4 aromatic rings. The van der Waals surface area contributed by atoms with Crippen molar-refractivity contribution in [2.24, 2.45) is 5.92 Å². The highest BCUT2D eigenvalue weighted by Crippen LogP contribution is 2.26. The normalized spacial score (nSPS) is 15.2. The summed E-state index contributed by atoms with van der Waals surface area (Å²) in [6, 6.07) is 24.0. The predicted molar refractivity (Wildman–Crippen MR) is 126 cm³/mol. The average molecular weight is 426 g/mol. The van der Waals surface area contributed by atoms with Crippen molar-refractivity contribution in [3.05, 3.63) is 78.5 Å². The quantitative estimate of drug-likeness (QED) is 0.522. The monoisotopic (exact) mass is 425 g/mol. The molecule has 1 fully saturated rings. The number of nitrogens with one attached hydrogen (secondary N) is 1. The van der Waals surface area contributed by atoms with Gasteiger partial charge in [-0.25, -0.2) is 9.50 Å². The van der Waals surface area contributed by atoms with Gasteiger partial charge in [0.15, 0.2) is 11.3 Å². The fourth-order valence-electron chi connectivity index (χ4n) is 4.25. The highest BCUT2D eigenvalue weighted by atomic mass is 16.1. The molecular formula is C26H27N5O. The number of hydrogen-bond donors (Lipinski definition) is 1. The van der Waals surface area contributed by atoms with Crippen molar-refractivity contribution in [2.45, 2.75) is 12.8 Å². The van der Waals surface area contributed by atoms with E-state index in [-0.39, 0.29) is 5.91 Å². The molecule has 32 heavy (non-hydrogen) atoms. The summed E-state index contributed by atoms with van der Waals surface area (Å²) in [6.07, 6.45) is 2.23. The van der Waals surface area contributed by atoms with E-state index in [0.717, 1.165) is 48.4 Å². The number of amides is 1. The largest absolute Gasteiger partial charge is 0.350 e. The summed E-state index contributed by atoms with van der Waals surface area (Å²) >= 11 is 0. The van der Waals surface area contributed by atoms with Crippen LogP contribution in [0.2, 0.25) is 0 Å². The zero-order chi connectivity index (χ0) is 21.9. The van der Waals surface area contributed by atoms with Gasteiger partial charge in [0.1, 0.15) is 0 Å². The number of likely N-dealkylation sites (tertiary alicyclic amines) is 1. The van der Waals surface area contributed by atoms with Crippen LogP contribution in [0.15, 0.2) is 72.8 Å². The molecule has 6 nitrogen and oxygen atoms in total. The number of carbonyl (C=O) groups is 1. The van der Waals surface area contributed by atoms with Crippen LogP contribution in [0.25, 0.3) is 28.2 Å². The highest BCUT2D eigenvalue weighted by molar-refractivity contribution is 5.93. The van der Waals surface area contributed by atoms with E-state index in [9.17, 15) is 4.79 Å². The Balaban J connectivity index is 1.47. The van der Waals surface area contributed by atoms with Gasteiger partial charge in [-0.15, -0.1) is 0 Å². The number of fused-ring (bicyclic) bond motifs is 1. The van der Waals surface area contributed by atoms with Crippen LogP contribution in [0.4, 0.5) is 0 Å². The van der Waals surface area contributed by atoms with E-state index in [1.807, 2.05) is 66.7 Å². The number of carbonyl (C=O) groups excluding carboxylic acids is 1. The molecule has 1 saturated heterocycles. The van der Waals surface area contributed by atoms with Crippen LogP contribution in [0, 0.1) is 5.92 Å². The fraction of sp³-hybridized carbons (Fsp3) is 0.269. The lowest BCUT2D eigenvalue weighted by molar-refractivity contribution is 0.0933. The van der Waals surface area contributed by atoms with Gasteiger partial charge >= 0.3 is 0 Å². The standard InChI is InChI=1S/C26H27N5O/c1-30-14-12-19(13-15-30)18-27-26(32)23-17-25-28-22(20-8-4-2-5-9-20)16-24(31(25)29-23)21-10-6-3-7-11-21/h2-11,16-17,19H,12-15,18H2,1H3,(H,27,32). The van der Waals surface area contributed by atoms with E-state index >= 15 is 0 Å². The Morgan fingerprint density at radius 2 is 1.62 bits per heavy atom. The SMILES string of the molecule is CN1CCC(CNC(=O)c2cc3nc(-c4ccccc4)cc(-c4ccccc4)n3n2)CC1. The zero-order valence-corrected chi connectivity index (χ0v) is 18.2. The van der Waals surface area contributed by atoms with E-state index < -0.39 is 0 Å². The minimum absolute atomic E-state index is 0.144. The molecule has 0 radical (unpaired) electrons. The van der Waals surface area contributed by atoms with E-state index in [1.54, 1.807) is 10.6 Å². The van der Waals surface area contributed by atoms with Crippen LogP contribution < -0.4 is 5.32 Å². The zero-order valence-electron chi connectivity index (χ0n) is 18.2. The molecule has 3 heterocycles. The first-order valence-corrected chi connectivity index (χ1v) is 11.2. The lowest BCUT2D eigenvalue weighted by Crippen LogP contribution is -2.37. The first-order valence-electron chi connectivity index (χ1n) is 11.2. The maximum absolute atomic E-state index is 12.9. The molecule has 1 amide bonds. The molecule has 0 spiro atoms. The van der Waals surface area contributed by atoms with Crippen molar-refractivity contribution in [1.29, 1.82) is 0 Å². The van der Waals surface area contributed by atoms with E-state index in [4.69, 9.17) is 4.98 Å². The first kappa shape index (κ1) is 20.4. The van der Waals surface area contributed by atoms with Gasteiger partial charge < -0.3 is 10.2 Å². The van der Waals surface area contributed by atoms with Crippen molar-refractivity contribution in [3.8, 4) is 22.5 Å². The second kappa shape index (κ2) is 8.93. The van der Waals surface area contributed by atoms with Gasteiger partial charge in [-0.1, -0.05) is 60.7 Å². The third kappa shape index (κ3) is 4.27. The minimum Gasteiger partial charge on any atom is -0.350 e. The van der Waals surface area contributed by atoms with Crippen LogP contribution in [0.5, 0.6) is 0 Å². The van der Waals surface area contributed by atoms with Crippen LogP contribution in [-0.4, -0.2) is 52.1 Å². The Hall–Kier alpha value is -3.51. The molecule has 5 rings (SSSR count). The topological polar surface area (TPSA) is 62.5 Å². The van der Waals surface area contributed by atoms with Gasteiger partial charge in [-0.05, 0) is 45.0 Å². The summed E-state index contributed by atoms with van der Waals surface area (Å²) in [6.45, 7) is 2.86. The molecule has 0 atom stereocenters. The van der Waals surface area contributed by atoms with Gasteiger partial charge in [-0.2, -0.15) is 5.10 Å². The summed E-state index contributed by atoms with van der Waals surface area (Å²) in [4.78, 5) is 20.0. The number of piperidine rings is 1. The molecule has 2 aromatic carbocycles. The maximum Gasteiger partial charge on any atom is 0.271 e. The first-order chi connectivity index (χ1) is 15.7. The van der Waals surface area contributed by atoms with Crippen molar-refractivity contribution in [2.75, 3.05) is 26.7 Å². The second-order valence-electron chi connectivity index (χ2n) is 8.51. The summed E-state index contributed by atoms with van der Waals surface area (Å²) in [5.74, 6) is 0.379. The lowest BCUT2D eigenvalue weighted by atomic mass is 9.97. The van der Waals surface area contributed by atoms with E-state index in [2.05, 4.69) is 22.4 Å². The molecule has 162 valence electrons. The third-order valence-corrected chi connectivity index (χ3v) is 6.19. The summed E-state index contributed by atoms with van der Waals surface area (Å²) < 4.78 is 1.77. The summed E-state index contributed by atoms with van der Waals surface area (Å²) in [7, 11) is 2.15. The molecule has 0 saturated carbocycles. The Morgan fingerprint density at radius 1 is 0.969 bits per heavy atom. The Bertz CT molecular complexity index is 1210. The van der Waals surface area contributed by atoms with Crippen LogP contribution in [0.3, 0.4) is 0 Å². The van der Waals surface area contributed by atoms with Crippen LogP contribution >= 0.6 is 0 Å². The number of aromatic nitrogens is 3. The molecular weight excluding hydrogens is 398 g/mol. The summed E-state index contributed by atoms with van der Waals surface area (Å²) in [5.41, 5.74) is 4.88. The van der Waals surface area contributed by atoms with Gasteiger partial charge in [-0.3, -0.25) is 4.79 Å². The number of hydrogen-bond acceptors (Lipinski definition) is 4. The van der Waals surface area contributed by atoms with Gasteiger partial charge in [0.25, 0.3) is 5.91 Å². The molecule has 0 aliphatic carbocycles. The Kier molecular flexibility index (Phi) is 5.69. The van der Waals surface area contributed by atoms with Crippen molar-refractivity contribution >= 4 is 11.6 Å². The lowest BCUT2D eigenvalue weighted by Gasteiger charge is -2.28. The highest BCUT2D eigenvalue weighted by Gasteiger charge is 2.20. The van der Waals surface area contributed by atoms with Crippen molar-refractivity contribution in [1.82, 2.24) is 24.8 Å². The van der Waals surface area contributed by atoms with Gasteiger partial charge in [0.05, 0.1) is 11.4 Å².